The van der Waals surface area contributed by atoms with Gasteiger partial charge < -0.3 is 15.1 Å². The van der Waals surface area contributed by atoms with E-state index < -0.39 is 11.7 Å². The standard InChI is InChI=1S/C21H25F3N6O/c1-12-8-13(2)30(29-12)17-7-6-16(18(9-17)21(22,23)24)10-26-20(25-5)27-11-19-28-14(3)15(4)31-19/h6-9H,10-11H2,1-5H3,(H2,25,26,27). The summed E-state index contributed by atoms with van der Waals surface area (Å²) in [5, 5.41) is 10.2. The molecule has 0 saturated heterocycles. The lowest BCUT2D eigenvalue weighted by Gasteiger charge is -2.17. The van der Waals surface area contributed by atoms with Crippen LogP contribution in [0.1, 0.15) is 39.9 Å². The highest BCUT2D eigenvalue weighted by molar-refractivity contribution is 5.79. The van der Waals surface area contributed by atoms with Crippen LogP contribution >= 0.6 is 0 Å². The molecule has 0 unspecified atom stereocenters. The van der Waals surface area contributed by atoms with E-state index in [0.29, 0.717) is 17.5 Å². The number of hydrogen-bond acceptors (Lipinski definition) is 4. The molecule has 0 radical (unpaired) electrons. The van der Waals surface area contributed by atoms with Crippen molar-refractivity contribution in [2.75, 3.05) is 7.05 Å². The number of oxazole rings is 1. The van der Waals surface area contributed by atoms with Crippen molar-refractivity contribution >= 4 is 5.96 Å². The van der Waals surface area contributed by atoms with Crippen LogP contribution in [0.25, 0.3) is 5.69 Å². The van der Waals surface area contributed by atoms with Crippen molar-refractivity contribution in [3.63, 3.8) is 0 Å². The van der Waals surface area contributed by atoms with Crippen molar-refractivity contribution in [2.24, 2.45) is 4.99 Å². The molecule has 166 valence electrons. The van der Waals surface area contributed by atoms with Gasteiger partial charge in [0.15, 0.2) is 5.96 Å². The fourth-order valence-corrected chi connectivity index (χ4v) is 3.18. The molecule has 0 aliphatic carbocycles. The SMILES string of the molecule is CN=C(NCc1nc(C)c(C)o1)NCc1ccc(-n2nc(C)cc2C)cc1C(F)(F)F. The highest BCUT2D eigenvalue weighted by Crippen LogP contribution is 2.33. The summed E-state index contributed by atoms with van der Waals surface area (Å²) in [6.45, 7) is 7.45. The molecule has 3 rings (SSSR count). The Morgan fingerprint density at radius 2 is 1.81 bits per heavy atom. The summed E-state index contributed by atoms with van der Waals surface area (Å²) in [4.78, 5) is 8.31. The van der Waals surface area contributed by atoms with Crippen molar-refractivity contribution in [3.05, 3.63) is 64.1 Å². The first-order valence-corrected chi connectivity index (χ1v) is 9.69. The van der Waals surface area contributed by atoms with Gasteiger partial charge in [-0.05, 0) is 51.5 Å². The average Bonchev–Trinajstić information content (AvgIpc) is 3.21. The quantitative estimate of drug-likeness (QED) is 0.469. The van der Waals surface area contributed by atoms with E-state index in [1.165, 1.54) is 17.8 Å². The van der Waals surface area contributed by atoms with Gasteiger partial charge in [0.25, 0.3) is 0 Å². The number of nitrogens with zero attached hydrogens (tertiary/aromatic N) is 4. The fraction of sp³-hybridized carbons (Fsp3) is 0.381. The minimum Gasteiger partial charge on any atom is -0.444 e. The topological polar surface area (TPSA) is 80.3 Å². The van der Waals surface area contributed by atoms with Gasteiger partial charge >= 0.3 is 6.18 Å². The fourth-order valence-electron chi connectivity index (χ4n) is 3.18. The molecule has 0 atom stereocenters. The lowest BCUT2D eigenvalue weighted by molar-refractivity contribution is -0.138. The van der Waals surface area contributed by atoms with Crippen LogP contribution in [0.5, 0.6) is 0 Å². The van der Waals surface area contributed by atoms with E-state index in [0.717, 1.165) is 28.9 Å². The second-order valence-electron chi connectivity index (χ2n) is 7.21. The van der Waals surface area contributed by atoms with E-state index in [1.807, 2.05) is 19.9 Å². The van der Waals surface area contributed by atoms with E-state index in [4.69, 9.17) is 4.42 Å². The first-order chi connectivity index (χ1) is 14.6. The zero-order chi connectivity index (χ0) is 22.8. The van der Waals surface area contributed by atoms with Gasteiger partial charge in [0.2, 0.25) is 5.89 Å². The minimum absolute atomic E-state index is 0.0600. The highest BCUT2D eigenvalue weighted by Gasteiger charge is 2.34. The first-order valence-electron chi connectivity index (χ1n) is 9.69. The van der Waals surface area contributed by atoms with Crippen LogP contribution in [-0.2, 0) is 19.3 Å². The predicted molar refractivity (Wildman–Crippen MR) is 111 cm³/mol. The molecule has 2 N–H and O–H groups in total. The maximum Gasteiger partial charge on any atom is 0.416 e. The molecular formula is C21H25F3N6O. The number of hydrogen-bond donors (Lipinski definition) is 2. The Morgan fingerprint density at radius 3 is 2.35 bits per heavy atom. The van der Waals surface area contributed by atoms with E-state index in [-0.39, 0.29) is 18.7 Å². The van der Waals surface area contributed by atoms with Crippen molar-refractivity contribution in [1.29, 1.82) is 0 Å². The Bertz CT molecular complexity index is 1080. The molecule has 10 heteroatoms. The van der Waals surface area contributed by atoms with Gasteiger partial charge in [0.1, 0.15) is 5.76 Å². The smallest absolute Gasteiger partial charge is 0.416 e. The van der Waals surface area contributed by atoms with Crippen molar-refractivity contribution < 1.29 is 17.6 Å². The van der Waals surface area contributed by atoms with Gasteiger partial charge in [0, 0.05) is 19.3 Å². The molecule has 0 fully saturated rings. The van der Waals surface area contributed by atoms with Crippen LogP contribution in [0.3, 0.4) is 0 Å². The lowest BCUT2D eigenvalue weighted by atomic mass is 10.1. The number of alkyl halides is 3. The number of aliphatic imine (C=N–C) groups is 1. The number of aromatic nitrogens is 3. The highest BCUT2D eigenvalue weighted by atomic mass is 19.4. The van der Waals surface area contributed by atoms with Crippen LogP contribution < -0.4 is 10.6 Å². The van der Waals surface area contributed by atoms with Crippen molar-refractivity contribution in [2.45, 2.75) is 47.0 Å². The van der Waals surface area contributed by atoms with E-state index in [9.17, 15) is 13.2 Å². The third kappa shape index (κ3) is 5.25. The van der Waals surface area contributed by atoms with Crippen molar-refractivity contribution in [3.8, 4) is 5.69 Å². The largest absolute Gasteiger partial charge is 0.444 e. The van der Waals surface area contributed by atoms with Crippen LogP contribution in [0.15, 0.2) is 33.7 Å². The van der Waals surface area contributed by atoms with Gasteiger partial charge in [-0.3, -0.25) is 4.99 Å². The number of aryl methyl sites for hydroxylation is 4. The molecule has 0 spiro atoms. The minimum atomic E-state index is -4.51. The molecule has 0 aliphatic rings. The predicted octanol–water partition coefficient (Wildman–Crippen LogP) is 3.98. The van der Waals surface area contributed by atoms with Crippen LogP contribution in [0, 0.1) is 27.7 Å². The monoisotopic (exact) mass is 434 g/mol. The van der Waals surface area contributed by atoms with Crippen LogP contribution in [0.2, 0.25) is 0 Å². The number of rotatable bonds is 5. The summed E-state index contributed by atoms with van der Waals surface area (Å²) in [5.74, 6) is 1.53. The molecule has 0 aliphatic heterocycles. The van der Waals surface area contributed by atoms with Crippen molar-refractivity contribution in [1.82, 2.24) is 25.4 Å². The second-order valence-corrected chi connectivity index (χ2v) is 7.21. The number of halogens is 3. The molecule has 3 aromatic rings. The van der Waals surface area contributed by atoms with Gasteiger partial charge in [0.05, 0.1) is 29.2 Å². The molecule has 31 heavy (non-hydrogen) atoms. The molecule has 2 heterocycles. The van der Waals surface area contributed by atoms with Gasteiger partial charge in [-0.1, -0.05) is 6.07 Å². The Labute approximate surface area is 178 Å². The summed E-state index contributed by atoms with van der Waals surface area (Å²) >= 11 is 0. The molecule has 2 aromatic heterocycles. The molecule has 0 amide bonds. The summed E-state index contributed by atoms with van der Waals surface area (Å²) < 4.78 is 48.2. The van der Waals surface area contributed by atoms with Crippen LogP contribution in [-0.4, -0.2) is 27.8 Å². The third-order valence-corrected chi connectivity index (χ3v) is 4.80. The number of nitrogens with one attached hydrogen (secondary N) is 2. The Kier molecular flexibility index (Phi) is 6.37. The maximum atomic E-state index is 13.7. The molecular weight excluding hydrogens is 409 g/mol. The third-order valence-electron chi connectivity index (χ3n) is 4.80. The average molecular weight is 434 g/mol. The summed E-state index contributed by atoms with van der Waals surface area (Å²) in [6.07, 6.45) is -4.51. The number of benzene rings is 1. The first kappa shape index (κ1) is 22.4. The second kappa shape index (κ2) is 8.83. The van der Waals surface area contributed by atoms with Gasteiger partial charge in [-0.25, -0.2) is 9.67 Å². The van der Waals surface area contributed by atoms with E-state index >= 15 is 0 Å². The zero-order valence-corrected chi connectivity index (χ0v) is 18.1. The summed E-state index contributed by atoms with van der Waals surface area (Å²) in [6, 6.07) is 6.01. The summed E-state index contributed by atoms with van der Waals surface area (Å²) in [7, 11) is 1.54. The summed E-state index contributed by atoms with van der Waals surface area (Å²) in [5.41, 5.74) is 2.03. The Hall–Kier alpha value is -3.30. The van der Waals surface area contributed by atoms with E-state index in [1.54, 1.807) is 19.9 Å². The molecule has 0 bridgehead atoms. The molecule has 0 saturated carbocycles. The molecule has 1 aromatic carbocycles. The normalized spacial score (nSPS) is 12.3. The van der Waals surface area contributed by atoms with Gasteiger partial charge in [-0.15, -0.1) is 0 Å². The van der Waals surface area contributed by atoms with Gasteiger partial charge in [-0.2, -0.15) is 18.3 Å². The van der Waals surface area contributed by atoms with E-state index in [2.05, 4.69) is 25.7 Å². The Balaban J connectivity index is 1.75. The van der Waals surface area contributed by atoms with Crippen LogP contribution in [0.4, 0.5) is 13.2 Å². The number of guanidine groups is 1. The zero-order valence-electron chi connectivity index (χ0n) is 18.1. The molecule has 7 nitrogen and oxygen atoms in total. The maximum absolute atomic E-state index is 13.7. The Morgan fingerprint density at radius 1 is 1.10 bits per heavy atom. The lowest BCUT2D eigenvalue weighted by Crippen LogP contribution is -2.36.